The third-order valence-corrected chi connectivity index (χ3v) is 6.56. The van der Waals surface area contributed by atoms with Gasteiger partial charge in [0.1, 0.15) is 24.2 Å². The molecule has 0 aromatic heterocycles. The zero-order valence-corrected chi connectivity index (χ0v) is 24.7. The molecular weight excluding hydrogens is 571 g/mol. The monoisotopic (exact) mass is 613 g/mol. The SMILES string of the molecule is CC(C)C(NC(=O)C(N)C(C)O)C(=O)N1CCCC1C(=O)N(C)CC(=O)N(C)C(C(=O)O)C(C)C.O=C(O)C(F)(F)F. The first-order chi connectivity index (χ1) is 19.1. The van der Waals surface area contributed by atoms with Gasteiger partial charge in [0.15, 0.2) is 0 Å². The smallest absolute Gasteiger partial charge is 0.480 e. The number of likely N-dealkylation sites (N-methyl/N-ethyl adjacent to an activating group) is 2. The number of aliphatic hydroxyl groups excluding tert-OH is 1. The van der Waals surface area contributed by atoms with E-state index in [4.69, 9.17) is 15.6 Å². The van der Waals surface area contributed by atoms with Crippen molar-refractivity contribution in [2.45, 2.75) is 83.9 Å². The van der Waals surface area contributed by atoms with Crippen molar-refractivity contribution in [2.75, 3.05) is 27.2 Å². The lowest BCUT2D eigenvalue weighted by molar-refractivity contribution is -0.192. The van der Waals surface area contributed by atoms with Crippen molar-refractivity contribution in [2.24, 2.45) is 17.6 Å². The second-order valence-electron chi connectivity index (χ2n) is 10.7. The van der Waals surface area contributed by atoms with Gasteiger partial charge in [-0.2, -0.15) is 13.2 Å². The molecular formula is C25H42F3N5O9. The first-order valence-corrected chi connectivity index (χ1v) is 13.1. The fraction of sp³-hybridized carbons (Fsp3) is 0.760. The van der Waals surface area contributed by atoms with Crippen LogP contribution in [0.2, 0.25) is 0 Å². The number of nitrogens with zero attached hydrogens (tertiary/aromatic N) is 3. The van der Waals surface area contributed by atoms with E-state index in [1.807, 2.05) is 0 Å². The second kappa shape index (κ2) is 16.2. The van der Waals surface area contributed by atoms with Crippen LogP contribution in [0.4, 0.5) is 13.2 Å². The van der Waals surface area contributed by atoms with Crippen LogP contribution in [0.1, 0.15) is 47.5 Å². The number of nitrogens with one attached hydrogen (secondary N) is 1. The van der Waals surface area contributed by atoms with E-state index < -0.39 is 72.0 Å². The molecule has 4 amide bonds. The Morgan fingerprint density at radius 3 is 1.88 bits per heavy atom. The van der Waals surface area contributed by atoms with E-state index in [9.17, 15) is 47.4 Å². The number of carboxylic acid groups (broad SMARTS) is 2. The summed E-state index contributed by atoms with van der Waals surface area (Å²) >= 11 is 0. The molecule has 0 bridgehead atoms. The molecule has 5 unspecified atom stereocenters. The number of amides is 4. The summed E-state index contributed by atoms with van der Waals surface area (Å²) in [6.07, 6.45) is -5.21. The van der Waals surface area contributed by atoms with Crippen LogP contribution in [0, 0.1) is 11.8 Å². The predicted octanol–water partition coefficient (Wildman–Crippen LogP) is -0.514. The van der Waals surface area contributed by atoms with Crippen LogP contribution >= 0.6 is 0 Å². The highest BCUT2D eigenvalue weighted by molar-refractivity contribution is 5.95. The molecule has 17 heteroatoms. The normalized spacial score (nSPS) is 17.9. The lowest BCUT2D eigenvalue weighted by atomic mass is 10.0. The Morgan fingerprint density at radius 2 is 1.50 bits per heavy atom. The zero-order valence-electron chi connectivity index (χ0n) is 24.7. The van der Waals surface area contributed by atoms with E-state index in [0.717, 1.165) is 4.90 Å². The number of halogens is 3. The number of aliphatic hydroxyl groups is 1. The average molecular weight is 614 g/mol. The van der Waals surface area contributed by atoms with Crippen molar-refractivity contribution in [3.63, 3.8) is 0 Å². The van der Waals surface area contributed by atoms with Crippen molar-refractivity contribution >= 4 is 35.6 Å². The molecule has 1 fully saturated rings. The average Bonchev–Trinajstić information content (AvgIpc) is 3.34. The van der Waals surface area contributed by atoms with Gasteiger partial charge in [-0.1, -0.05) is 27.7 Å². The minimum absolute atomic E-state index is 0.305. The molecule has 0 saturated carbocycles. The van der Waals surface area contributed by atoms with Gasteiger partial charge in [-0.15, -0.1) is 0 Å². The number of aliphatic carboxylic acids is 2. The molecule has 0 aliphatic carbocycles. The number of hydrogen-bond acceptors (Lipinski definition) is 8. The quantitative estimate of drug-likeness (QED) is 0.201. The summed E-state index contributed by atoms with van der Waals surface area (Å²) in [6, 6.07) is -3.98. The van der Waals surface area contributed by atoms with E-state index >= 15 is 0 Å². The van der Waals surface area contributed by atoms with Crippen molar-refractivity contribution < 1.29 is 57.3 Å². The maximum absolute atomic E-state index is 13.3. The number of nitrogens with two attached hydrogens (primary N) is 1. The molecule has 0 aromatic rings. The van der Waals surface area contributed by atoms with Gasteiger partial charge < -0.3 is 41.1 Å². The van der Waals surface area contributed by atoms with Gasteiger partial charge in [0, 0.05) is 20.6 Å². The Labute approximate surface area is 242 Å². The fourth-order valence-electron chi connectivity index (χ4n) is 4.15. The molecule has 242 valence electrons. The van der Waals surface area contributed by atoms with Crippen LogP contribution in [0.3, 0.4) is 0 Å². The molecule has 1 saturated heterocycles. The number of carbonyl (C=O) groups is 6. The molecule has 0 radical (unpaired) electrons. The predicted molar refractivity (Wildman–Crippen MR) is 142 cm³/mol. The highest BCUT2D eigenvalue weighted by Gasteiger charge is 2.41. The topological polar surface area (TPSA) is 211 Å². The first kappa shape index (κ1) is 38.5. The summed E-state index contributed by atoms with van der Waals surface area (Å²) in [6.45, 7) is 8.23. The second-order valence-corrected chi connectivity index (χ2v) is 10.7. The van der Waals surface area contributed by atoms with Gasteiger partial charge in [-0.25, -0.2) is 9.59 Å². The first-order valence-electron chi connectivity index (χ1n) is 13.1. The molecule has 0 aromatic carbocycles. The fourth-order valence-corrected chi connectivity index (χ4v) is 4.15. The van der Waals surface area contributed by atoms with E-state index in [1.54, 1.807) is 27.7 Å². The summed E-state index contributed by atoms with van der Waals surface area (Å²) in [4.78, 5) is 75.7. The molecule has 1 aliphatic rings. The summed E-state index contributed by atoms with van der Waals surface area (Å²) in [5.41, 5.74) is 5.69. The van der Waals surface area contributed by atoms with Crippen LogP contribution in [0.25, 0.3) is 0 Å². The van der Waals surface area contributed by atoms with Crippen LogP contribution in [0.15, 0.2) is 0 Å². The Kier molecular flexibility index (Phi) is 14.9. The van der Waals surface area contributed by atoms with Crippen molar-refractivity contribution in [1.29, 1.82) is 0 Å². The van der Waals surface area contributed by atoms with Gasteiger partial charge in [-0.3, -0.25) is 19.2 Å². The molecule has 0 spiro atoms. The van der Waals surface area contributed by atoms with Gasteiger partial charge in [0.05, 0.1) is 12.6 Å². The molecule has 14 nitrogen and oxygen atoms in total. The van der Waals surface area contributed by atoms with E-state index in [-0.39, 0.29) is 18.4 Å². The number of alkyl halides is 3. The number of carboxylic acids is 2. The van der Waals surface area contributed by atoms with Crippen LogP contribution < -0.4 is 11.1 Å². The maximum Gasteiger partial charge on any atom is 0.490 e. The third kappa shape index (κ3) is 11.1. The van der Waals surface area contributed by atoms with Crippen LogP contribution in [-0.4, -0.2) is 129 Å². The largest absolute Gasteiger partial charge is 0.490 e. The Morgan fingerprint density at radius 1 is 1.00 bits per heavy atom. The summed E-state index contributed by atoms with van der Waals surface area (Å²) < 4.78 is 31.7. The van der Waals surface area contributed by atoms with Gasteiger partial charge in [0.2, 0.25) is 23.6 Å². The van der Waals surface area contributed by atoms with Gasteiger partial charge in [-0.05, 0) is 31.6 Å². The highest BCUT2D eigenvalue weighted by Crippen LogP contribution is 2.22. The van der Waals surface area contributed by atoms with Crippen molar-refractivity contribution in [3.8, 4) is 0 Å². The molecule has 6 N–H and O–H groups in total. The van der Waals surface area contributed by atoms with E-state index in [1.165, 1.54) is 30.8 Å². The molecule has 5 atom stereocenters. The third-order valence-electron chi connectivity index (χ3n) is 6.56. The maximum atomic E-state index is 13.3. The van der Waals surface area contributed by atoms with E-state index in [2.05, 4.69) is 5.32 Å². The highest BCUT2D eigenvalue weighted by atomic mass is 19.4. The van der Waals surface area contributed by atoms with Crippen LogP contribution in [0.5, 0.6) is 0 Å². The molecule has 1 aliphatic heterocycles. The summed E-state index contributed by atoms with van der Waals surface area (Å²) in [5, 5.41) is 28.7. The number of rotatable bonds is 11. The van der Waals surface area contributed by atoms with Crippen molar-refractivity contribution in [1.82, 2.24) is 20.0 Å². The van der Waals surface area contributed by atoms with Gasteiger partial charge in [0.25, 0.3) is 0 Å². The summed E-state index contributed by atoms with van der Waals surface area (Å²) in [5.74, 6) is -6.60. The Balaban J connectivity index is 0.00000212. The van der Waals surface area contributed by atoms with E-state index in [0.29, 0.717) is 19.4 Å². The lowest BCUT2D eigenvalue weighted by Gasteiger charge is -2.33. The Bertz CT molecular complexity index is 991. The lowest BCUT2D eigenvalue weighted by Crippen LogP contribution is -2.59. The summed E-state index contributed by atoms with van der Waals surface area (Å²) in [7, 11) is 2.82. The molecule has 1 heterocycles. The zero-order chi connectivity index (χ0) is 33.3. The number of carbonyl (C=O) groups excluding carboxylic acids is 4. The van der Waals surface area contributed by atoms with Crippen LogP contribution in [-0.2, 0) is 28.8 Å². The minimum atomic E-state index is -5.08. The molecule has 1 rings (SSSR count). The minimum Gasteiger partial charge on any atom is -0.480 e. The number of hydrogen-bond donors (Lipinski definition) is 5. The van der Waals surface area contributed by atoms with Gasteiger partial charge >= 0.3 is 18.1 Å². The Hall–Kier alpha value is -3.47. The standard InChI is InChI=1S/C23H41N5O7.C2HF3O2/c1-12(2)18(25-20(31)17(24)14(5)29)22(33)28-10-8-9-15(28)21(32)26(6)11-16(30)27(7)19(13(3)4)23(34)35;3-2(4,5)1(6)7/h12-15,17-19,29H,8-11,24H2,1-7H3,(H,25,31)(H,34,35);(H,6,7). The molecule has 42 heavy (non-hydrogen) atoms. The number of likely N-dealkylation sites (tertiary alicyclic amines) is 1. The van der Waals surface area contributed by atoms with Crippen molar-refractivity contribution in [3.05, 3.63) is 0 Å².